The number of benzene rings is 2. The summed E-state index contributed by atoms with van der Waals surface area (Å²) in [6.07, 6.45) is 8.04. The quantitative estimate of drug-likeness (QED) is 0.170. The third-order valence-corrected chi connectivity index (χ3v) is 14.7. The highest BCUT2D eigenvalue weighted by molar-refractivity contribution is 5.25. The van der Waals surface area contributed by atoms with Crippen molar-refractivity contribution in [2.45, 2.75) is 166 Å². The number of likely N-dealkylation sites (N-methyl/N-ethyl adjacent to an activating group) is 1. The Bertz CT molecular complexity index is 2260. The van der Waals surface area contributed by atoms with Crippen molar-refractivity contribution in [2.24, 2.45) is 0 Å². The zero-order valence-electron chi connectivity index (χ0n) is 37.4. The molecule has 0 saturated carbocycles. The summed E-state index contributed by atoms with van der Waals surface area (Å²) in [6, 6.07) is 18.6. The molecule has 3 N–H and O–H groups in total. The number of nitrogens with one attached hydrogen (secondary N) is 1. The lowest BCUT2D eigenvalue weighted by atomic mass is 9.99. The van der Waals surface area contributed by atoms with Gasteiger partial charge in [0.25, 0.3) is 0 Å². The molecule has 16 nitrogen and oxygen atoms in total. The molecule has 10 rings (SSSR count). The van der Waals surface area contributed by atoms with Crippen molar-refractivity contribution in [3.63, 3.8) is 0 Å². The van der Waals surface area contributed by atoms with Gasteiger partial charge in [0, 0.05) is 63.4 Å². The van der Waals surface area contributed by atoms with E-state index in [-0.39, 0.29) is 36.7 Å². The lowest BCUT2D eigenvalue weighted by Gasteiger charge is -2.39. The summed E-state index contributed by atoms with van der Waals surface area (Å²) in [6.45, 7) is 11.5. The predicted molar refractivity (Wildman–Crippen MR) is 238 cm³/mol. The Hall–Kier alpha value is -4.00. The first kappa shape index (κ1) is 44.2. The molecule has 6 aliphatic rings. The number of rotatable bonds is 14. The second kappa shape index (κ2) is 19.6. The first-order valence-corrected chi connectivity index (χ1v) is 23.5. The largest absolute Gasteiger partial charge is 0.390 e. The minimum absolute atomic E-state index is 0.0987. The molecule has 4 saturated heterocycles. The van der Waals surface area contributed by atoms with Crippen LogP contribution in [-0.2, 0) is 62.0 Å². The van der Waals surface area contributed by atoms with Crippen LogP contribution in [0.3, 0.4) is 0 Å². The van der Waals surface area contributed by atoms with Gasteiger partial charge in [0.15, 0.2) is 0 Å². The Morgan fingerprint density at radius 2 is 1.11 bits per heavy atom. The number of ether oxygens (including phenoxy) is 2. The molecular weight excluding hydrogens is 801 g/mol. The number of piperidine rings is 2. The molecule has 0 radical (unpaired) electrons. The Morgan fingerprint density at radius 1 is 0.651 bits per heavy atom. The van der Waals surface area contributed by atoms with Crippen molar-refractivity contribution < 1.29 is 19.7 Å². The summed E-state index contributed by atoms with van der Waals surface area (Å²) in [5.74, 6) is 1.55. The molecular formula is C47H68N10O6. The smallest absolute Gasteiger partial charge is 0.346 e. The van der Waals surface area contributed by atoms with Crippen LogP contribution in [0.2, 0.25) is 0 Å². The highest BCUT2D eigenvalue weighted by atomic mass is 16.5. The fourth-order valence-electron chi connectivity index (χ4n) is 11.2. The monoisotopic (exact) mass is 869 g/mol. The summed E-state index contributed by atoms with van der Waals surface area (Å²) < 4.78 is 18.9. The maximum atomic E-state index is 12.6. The second-order valence-corrected chi connectivity index (χ2v) is 19.1. The van der Waals surface area contributed by atoms with E-state index in [1.807, 2.05) is 7.05 Å². The van der Waals surface area contributed by atoms with Crippen LogP contribution in [0.5, 0.6) is 0 Å². The van der Waals surface area contributed by atoms with Gasteiger partial charge in [0.1, 0.15) is 11.6 Å². The number of aliphatic hydroxyl groups is 2. The van der Waals surface area contributed by atoms with Crippen LogP contribution in [0.4, 0.5) is 0 Å². The lowest BCUT2D eigenvalue weighted by Crippen LogP contribution is -2.49. The first-order valence-electron chi connectivity index (χ1n) is 23.5. The highest BCUT2D eigenvalue weighted by Gasteiger charge is 2.43. The topological polar surface area (TPSA) is 160 Å². The summed E-state index contributed by atoms with van der Waals surface area (Å²) >= 11 is 0. The van der Waals surface area contributed by atoms with Crippen LogP contribution in [0.1, 0.15) is 85.3 Å². The molecule has 342 valence electrons. The highest BCUT2D eigenvalue weighted by Crippen LogP contribution is 2.38. The molecule has 8 heterocycles. The average Bonchev–Trinajstić information content (AvgIpc) is 3.89. The SMILES string of the molecule is Cc1ccccc1COC1CC2CCC(C1)N2CC(O)Cn1nc2n(c1=O)CCN(C)C2.Cc1ccccc1COC1CC2CCC(C1)N2CC(O)Cn1nc2n(c1=O)CCNC2. The fraction of sp³-hybridized carbons (Fsp3) is 0.660. The first-order chi connectivity index (χ1) is 30.6. The van der Waals surface area contributed by atoms with Crippen LogP contribution < -0.4 is 16.7 Å². The zero-order valence-corrected chi connectivity index (χ0v) is 37.4. The molecule has 6 unspecified atom stereocenters. The van der Waals surface area contributed by atoms with E-state index in [1.165, 1.54) is 31.6 Å². The Labute approximate surface area is 370 Å². The summed E-state index contributed by atoms with van der Waals surface area (Å²) in [5.41, 5.74) is 4.87. The van der Waals surface area contributed by atoms with E-state index in [1.54, 1.807) is 9.13 Å². The van der Waals surface area contributed by atoms with E-state index < -0.39 is 12.2 Å². The standard InChI is InChI=1S/C24H35N5O3.C23H33N5O3/c1-17-5-3-4-6-18(17)16-32-22-11-19-7-8-20(12-22)28(19)13-21(30)14-29-24(31)27-10-9-26(2)15-23(27)25-29;1-16-4-2-3-5-17(16)15-31-21-10-18-6-7-19(11-21)27(18)13-20(29)14-28-23(30)26-9-8-24-12-22(26)25-28/h3-6,19-22,30H,7-16H2,1-2H3;2-5,18-21,24,29H,6-15H2,1H3. The number of aliphatic hydroxyl groups excluding tert-OH is 2. The third kappa shape index (κ3) is 10.1. The van der Waals surface area contributed by atoms with Gasteiger partial charge in [-0.15, -0.1) is 0 Å². The number of aryl methyl sites for hydroxylation is 2. The van der Waals surface area contributed by atoms with E-state index in [2.05, 4.69) is 92.6 Å². The van der Waals surface area contributed by atoms with Gasteiger partial charge in [-0.25, -0.2) is 19.0 Å². The van der Waals surface area contributed by atoms with Crippen molar-refractivity contribution in [1.29, 1.82) is 0 Å². The number of nitrogens with zero attached hydrogens (tertiary/aromatic N) is 9. The van der Waals surface area contributed by atoms with Gasteiger partial charge in [-0.05, 0) is 94.5 Å². The van der Waals surface area contributed by atoms with Crippen molar-refractivity contribution >= 4 is 0 Å². The fourth-order valence-corrected chi connectivity index (χ4v) is 11.2. The number of hydrogen-bond donors (Lipinski definition) is 3. The van der Waals surface area contributed by atoms with Crippen molar-refractivity contribution in [3.8, 4) is 0 Å². The minimum Gasteiger partial charge on any atom is -0.390 e. The maximum Gasteiger partial charge on any atom is 0.346 e. The Balaban J connectivity index is 0.000000160. The van der Waals surface area contributed by atoms with E-state index in [9.17, 15) is 19.8 Å². The predicted octanol–water partition coefficient (Wildman–Crippen LogP) is 2.40. The molecule has 4 fully saturated rings. The summed E-state index contributed by atoms with van der Waals surface area (Å²) in [7, 11) is 2.03. The van der Waals surface area contributed by atoms with Crippen LogP contribution in [-0.4, -0.2) is 135 Å². The van der Waals surface area contributed by atoms with Gasteiger partial charge < -0.3 is 25.0 Å². The van der Waals surface area contributed by atoms with Crippen LogP contribution in [0.15, 0.2) is 58.1 Å². The molecule has 4 bridgehead atoms. The Morgan fingerprint density at radius 3 is 1.59 bits per heavy atom. The average molecular weight is 869 g/mol. The number of hydrogen-bond acceptors (Lipinski definition) is 12. The zero-order chi connectivity index (χ0) is 43.6. The lowest BCUT2D eigenvalue weighted by molar-refractivity contribution is -0.0404. The van der Waals surface area contributed by atoms with Crippen molar-refractivity contribution in [2.75, 3.05) is 33.2 Å². The van der Waals surface area contributed by atoms with Gasteiger partial charge in [-0.1, -0.05) is 48.5 Å². The molecule has 4 aromatic rings. The molecule has 0 aliphatic carbocycles. The van der Waals surface area contributed by atoms with E-state index in [0.29, 0.717) is 76.6 Å². The van der Waals surface area contributed by atoms with Crippen LogP contribution in [0.25, 0.3) is 0 Å². The normalized spacial score (nSPS) is 26.8. The van der Waals surface area contributed by atoms with Gasteiger partial charge in [0.2, 0.25) is 0 Å². The number of fused-ring (bicyclic) bond motifs is 6. The molecule has 2 aromatic carbocycles. The molecule has 2 aromatic heterocycles. The van der Waals surface area contributed by atoms with Crippen molar-refractivity contribution in [3.05, 3.63) is 103 Å². The number of aromatic nitrogens is 6. The van der Waals surface area contributed by atoms with Gasteiger partial charge in [0.05, 0.1) is 63.8 Å². The third-order valence-electron chi connectivity index (χ3n) is 14.7. The summed E-state index contributed by atoms with van der Waals surface area (Å²) in [4.78, 5) is 32.2. The van der Waals surface area contributed by atoms with Gasteiger partial charge in [-0.3, -0.25) is 23.8 Å². The summed E-state index contributed by atoms with van der Waals surface area (Å²) in [5, 5.41) is 33.7. The van der Waals surface area contributed by atoms with Gasteiger partial charge in [-0.2, -0.15) is 10.2 Å². The van der Waals surface area contributed by atoms with E-state index >= 15 is 0 Å². The molecule has 6 aliphatic heterocycles. The van der Waals surface area contributed by atoms with Gasteiger partial charge >= 0.3 is 11.4 Å². The molecule has 63 heavy (non-hydrogen) atoms. The molecule has 6 atom stereocenters. The van der Waals surface area contributed by atoms with E-state index in [4.69, 9.17) is 9.47 Å². The molecule has 16 heteroatoms. The Kier molecular flexibility index (Phi) is 13.8. The molecule has 0 spiro atoms. The van der Waals surface area contributed by atoms with Crippen LogP contribution in [0, 0.1) is 13.8 Å². The molecule has 0 amide bonds. The maximum absolute atomic E-state index is 12.6. The minimum atomic E-state index is -0.602. The second-order valence-electron chi connectivity index (χ2n) is 19.1. The van der Waals surface area contributed by atoms with Crippen LogP contribution >= 0.6 is 0 Å². The van der Waals surface area contributed by atoms with E-state index in [0.717, 1.165) is 76.1 Å². The van der Waals surface area contributed by atoms with Crippen molar-refractivity contribution in [1.82, 2.24) is 48.7 Å².